The summed E-state index contributed by atoms with van der Waals surface area (Å²) >= 11 is 0. The van der Waals surface area contributed by atoms with Crippen molar-refractivity contribution >= 4 is 5.91 Å². The number of benzene rings is 1. The lowest BCUT2D eigenvalue weighted by atomic mass is 10.0. The van der Waals surface area contributed by atoms with E-state index >= 15 is 0 Å². The number of amides is 1. The summed E-state index contributed by atoms with van der Waals surface area (Å²) in [4.78, 5) is 19.1. The molecule has 0 radical (unpaired) electrons. The number of imidazole rings is 1. The number of H-pyrrole nitrogens is 1. The minimum atomic E-state index is -0.179. The number of aromatic nitrogens is 2. The van der Waals surface area contributed by atoms with Gasteiger partial charge < -0.3 is 15.4 Å². The van der Waals surface area contributed by atoms with Crippen LogP contribution in [-0.2, 0) is 6.54 Å². The van der Waals surface area contributed by atoms with Gasteiger partial charge in [0.1, 0.15) is 0 Å². The van der Waals surface area contributed by atoms with Gasteiger partial charge >= 0.3 is 0 Å². The molecule has 108 valence electrons. The average Bonchev–Trinajstić information content (AvgIpc) is 3.00. The minimum Gasteiger partial charge on any atom is -0.395 e. The molecule has 0 spiro atoms. The predicted octanol–water partition coefficient (Wildman–Crippen LogP) is 1.38. The Kier molecular flexibility index (Phi) is 5.13. The van der Waals surface area contributed by atoms with Crippen LogP contribution in [0.15, 0.2) is 30.7 Å². The normalized spacial score (nSPS) is 9.81. The van der Waals surface area contributed by atoms with Gasteiger partial charge in [-0.05, 0) is 19.1 Å². The van der Waals surface area contributed by atoms with Gasteiger partial charge in [-0.3, -0.25) is 4.79 Å². The summed E-state index contributed by atoms with van der Waals surface area (Å²) in [6.45, 7) is 2.33. The van der Waals surface area contributed by atoms with Gasteiger partial charge in [0.2, 0.25) is 0 Å². The third-order valence-corrected chi connectivity index (χ3v) is 2.87. The molecule has 1 amide bonds. The van der Waals surface area contributed by atoms with E-state index in [1.165, 1.54) is 0 Å². The van der Waals surface area contributed by atoms with Gasteiger partial charge in [0.15, 0.2) is 0 Å². The number of carbonyl (C=O) groups excluding carboxylic acids is 1. The molecule has 3 N–H and O–H groups in total. The summed E-state index contributed by atoms with van der Waals surface area (Å²) in [5.74, 6) is 5.58. The monoisotopic (exact) mass is 283 g/mol. The molecule has 5 heteroatoms. The van der Waals surface area contributed by atoms with E-state index in [2.05, 4.69) is 27.1 Å². The lowest BCUT2D eigenvalue weighted by Gasteiger charge is -2.07. The first-order valence-electron chi connectivity index (χ1n) is 6.66. The van der Waals surface area contributed by atoms with Crippen molar-refractivity contribution in [2.24, 2.45) is 0 Å². The molecule has 2 aromatic rings. The maximum atomic E-state index is 12.3. The fraction of sp³-hybridized carbons (Fsp3) is 0.250. The summed E-state index contributed by atoms with van der Waals surface area (Å²) in [5, 5.41) is 11.6. The van der Waals surface area contributed by atoms with Crippen molar-refractivity contribution in [2.75, 3.05) is 6.61 Å². The van der Waals surface area contributed by atoms with Crippen molar-refractivity contribution in [3.05, 3.63) is 53.1 Å². The number of aliphatic hydroxyl groups excluding tert-OH is 1. The van der Waals surface area contributed by atoms with Crippen molar-refractivity contribution in [3.63, 3.8) is 0 Å². The van der Waals surface area contributed by atoms with Gasteiger partial charge in [0, 0.05) is 18.2 Å². The van der Waals surface area contributed by atoms with Gasteiger partial charge in [-0.1, -0.05) is 23.5 Å². The number of rotatable bonds is 4. The molecule has 1 aromatic carbocycles. The van der Waals surface area contributed by atoms with Gasteiger partial charge in [-0.15, -0.1) is 0 Å². The first-order valence-corrected chi connectivity index (χ1v) is 6.66. The first-order chi connectivity index (χ1) is 10.2. The Morgan fingerprint density at radius 3 is 3.05 bits per heavy atom. The van der Waals surface area contributed by atoms with Crippen LogP contribution in [0.25, 0.3) is 0 Å². The fourth-order valence-electron chi connectivity index (χ4n) is 1.82. The van der Waals surface area contributed by atoms with E-state index in [1.54, 1.807) is 12.5 Å². The van der Waals surface area contributed by atoms with Crippen LogP contribution in [0.5, 0.6) is 0 Å². The molecule has 21 heavy (non-hydrogen) atoms. The number of aliphatic hydroxyl groups is 1. The van der Waals surface area contributed by atoms with E-state index in [0.29, 0.717) is 24.1 Å². The van der Waals surface area contributed by atoms with Crippen LogP contribution in [-0.4, -0.2) is 27.6 Å². The average molecular weight is 283 g/mol. The Balaban J connectivity index is 2.15. The standard InChI is InChI=1S/C16H17N3O2/c1-12-5-6-13(4-2-3-7-20)15(8-12)16(21)18-10-14-9-17-11-19-14/h5-6,8-9,11,20H,3,7,10H2,1H3,(H,17,19)(H,18,21). The zero-order chi connectivity index (χ0) is 15.1. The zero-order valence-electron chi connectivity index (χ0n) is 11.8. The number of carbonyl (C=O) groups is 1. The highest BCUT2D eigenvalue weighted by Gasteiger charge is 2.10. The summed E-state index contributed by atoms with van der Waals surface area (Å²) in [5.41, 5.74) is 3.04. The van der Waals surface area contributed by atoms with Crippen LogP contribution in [0.1, 0.15) is 33.6 Å². The van der Waals surface area contributed by atoms with Crippen molar-refractivity contribution in [2.45, 2.75) is 19.9 Å². The number of nitrogens with one attached hydrogen (secondary N) is 2. The molecule has 0 bridgehead atoms. The third-order valence-electron chi connectivity index (χ3n) is 2.87. The summed E-state index contributed by atoms with van der Waals surface area (Å²) in [6, 6.07) is 5.55. The SMILES string of the molecule is Cc1ccc(C#CCCO)c(C(=O)NCc2cnc[nH]2)c1. The molecule has 0 atom stereocenters. The van der Waals surface area contributed by atoms with Crippen LogP contribution < -0.4 is 5.32 Å². The lowest BCUT2D eigenvalue weighted by Crippen LogP contribution is -2.24. The second-order valence-corrected chi connectivity index (χ2v) is 4.58. The van der Waals surface area contributed by atoms with E-state index in [4.69, 9.17) is 5.11 Å². The smallest absolute Gasteiger partial charge is 0.252 e. The maximum Gasteiger partial charge on any atom is 0.252 e. The molecule has 0 fully saturated rings. The Labute approximate surface area is 123 Å². The number of hydrogen-bond donors (Lipinski definition) is 3. The molecular weight excluding hydrogens is 266 g/mol. The highest BCUT2D eigenvalue weighted by Crippen LogP contribution is 2.11. The van der Waals surface area contributed by atoms with E-state index in [1.807, 2.05) is 25.1 Å². The highest BCUT2D eigenvalue weighted by molar-refractivity contribution is 5.96. The Morgan fingerprint density at radius 1 is 1.48 bits per heavy atom. The maximum absolute atomic E-state index is 12.3. The van der Waals surface area contributed by atoms with Crippen molar-refractivity contribution in [3.8, 4) is 11.8 Å². The van der Waals surface area contributed by atoms with E-state index in [0.717, 1.165) is 11.3 Å². The van der Waals surface area contributed by atoms with Crippen molar-refractivity contribution in [1.29, 1.82) is 0 Å². The van der Waals surface area contributed by atoms with Gasteiger partial charge in [0.05, 0.1) is 30.7 Å². The molecule has 1 heterocycles. The van der Waals surface area contributed by atoms with Crippen LogP contribution >= 0.6 is 0 Å². The molecule has 2 rings (SSSR count). The van der Waals surface area contributed by atoms with Gasteiger partial charge in [0.25, 0.3) is 5.91 Å². The lowest BCUT2D eigenvalue weighted by molar-refractivity contribution is 0.0950. The Bertz CT molecular complexity index is 667. The third kappa shape index (κ3) is 4.20. The highest BCUT2D eigenvalue weighted by atomic mass is 16.2. The molecule has 1 aromatic heterocycles. The minimum absolute atomic E-state index is 0.0141. The topological polar surface area (TPSA) is 78.0 Å². The van der Waals surface area contributed by atoms with E-state index in [-0.39, 0.29) is 12.5 Å². The van der Waals surface area contributed by atoms with Gasteiger partial charge in [-0.2, -0.15) is 0 Å². The molecule has 0 unspecified atom stereocenters. The number of aromatic amines is 1. The van der Waals surface area contributed by atoms with E-state index < -0.39 is 0 Å². The predicted molar refractivity (Wildman–Crippen MR) is 79.5 cm³/mol. The Morgan fingerprint density at radius 2 is 2.33 bits per heavy atom. The van der Waals surface area contributed by atoms with Crippen LogP contribution in [0, 0.1) is 18.8 Å². The molecule has 0 aliphatic carbocycles. The molecule has 5 nitrogen and oxygen atoms in total. The van der Waals surface area contributed by atoms with Crippen LogP contribution in [0.3, 0.4) is 0 Å². The summed E-state index contributed by atoms with van der Waals surface area (Å²) in [6.07, 6.45) is 3.63. The first kappa shape index (κ1) is 14.8. The van der Waals surface area contributed by atoms with Crippen molar-refractivity contribution in [1.82, 2.24) is 15.3 Å². The quantitative estimate of drug-likeness (QED) is 0.742. The van der Waals surface area contributed by atoms with Crippen LogP contribution in [0.2, 0.25) is 0 Å². The summed E-state index contributed by atoms with van der Waals surface area (Å²) in [7, 11) is 0. The second kappa shape index (κ2) is 7.27. The second-order valence-electron chi connectivity index (χ2n) is 4.58. The van der Waals surface area contributed by atoms with Crippen LogP contribution in [0.4, 0.5) is 0 Å². The van der Waals surface area contributed by atoms with E-state index in [9.17, 15) is 4.79 Å². The number of hydrogen-bond acceptors (Lipinski definition) is 3. The number of aryl methyl sites for hydroxylation is 1. The zero-order valence-corrected chi connectivity index (χ0v) is 11.8. The molecule has 0 saturated heterocycles. The molecule has 0 aliphatic rings. The van der Waals surface area contributed by atoms with Crippen molar-refractivity contribution < 1.29 is 9.90 Å². The number of nitrogens with zero attached hydrogens (tertiary/aromatic N) is 1. The largest absolute Gasteiger partial charge is 0.395 e. The summed E-state index contributed by atoms with van der Waals surface area (Å²) < 4.78 is 0. The molecule has 0 saturated carbocycles. The molecular formula is C16H17N3O2. The fourth-order valence-corrected chi connectivity index (χ4v) is 1.82. The Hall–Kier alpha value is -2.58. The molecule has 0 aliphatic heterocycles. The van der Waals surface area contributed by atoms with Gasteiger partial charge in [-0.25, -0.2) is 4.98 Å².